The number of hydrogen-bond donors (Lipinski definition) is 2. The van der Waals surface area contributed by atoms with Crippen LogP contribution in [0.4, 0.5) is 11.6 Å². The van der Waals surface area contributed by atoms with Crippen molar-refractivity contribution in [3.63, 3.8) is 0 Å². The average Bonchev–Trinajstić information content (AvgIpc) is 2.49. The van der Waals surface area contributed by atoms with E-state index < -0.39 is 0 Å². The van der Waals surface area contributed by atoms with E-state index in [1.54, 1.807) is 12.4 Å². The van der Waals surface area contributed by atoms with Gasteiger partial charge in [0.05, 0.1) is 0 Å². The molecule has 3 rings (SSSR count). The summed E-state index contributed by atoms with van der Waals surface area (Å²) in [5.41, 5.74) is 0. The van der Waals surface area contributed by atoms with Gasteiger partial charge in [-0.2, -0.15) is 0 Å². The van der Waals surface area contributed by atoms with Gasteiger partial charge in [0, 0.05) is 64.8 Å². The summed E-state index contributed by atoms with van der Waals surface area (Å²) in [6, 6.07) is 0. The minimum atomic E-state index is 1.01. The van der Waals surface area contributed by atoms with Crippen LogP contribution < -0.4 is 20.4 Å². The Labute approximate surface area is 107 Å². The summed E-state index contributed by atoms with van der Waals surface area (Å²) in [5.74, 6) is 2.09. The number of rotatable bonds is 2. The van der Waals surface area contributed by atoms with Gasteiger partial charge in [0.25, 0.3) is 0 Å². The third-order valence-corrected chi connectivity index (χ3v) is 3.49. The molecular weight excluding hydrogens is 228 g/mol. The van der Waals surface area contributed by atoms with Crippen molar-refractivity contribution in [1.29, 1.82) is 0 Å². The molecule has 1 aromatic rings. The second-order valence-electron chi connectivity index (χ2n) is 4.68. The summed E-state index contributed by atoms with van der Waals surface area (Å²) in [6.07, 6.45) is 3.59. The molecule has 0 aromatic carbocycles. The molecule has 1 aromatic heterocycles. The lowest BCUT2D eigenvalue weighted by Crippen LogP contribution is -2.47. The zero-order chi connectivity index (χ0) is 12.2. The van der Waals surface area contributed by atoms with E-state index in [0.717, 1.165) is 64.0 Å². The van der Waals surface area contributed by atoms with E-state index in [1.807, 2.05) is 0 Å². The Kier molecular flexibility index (Phi) is 3.56. The van der Waals surface area contributed by atoms with Crippen LogP contribution in [0.5, 0.6) is 0 Å². The zero-order valence-corrected chi connectivity index (χ0v) is 10.6. The van der Waals surface area contributed by atoms with Gasteiger partial charge in [-0.3, -0.25) is 0 Å². The van der Waals surface area contributed by atoms with Gasteiger partial charge in [0.15, 0.2) is 11.6 Å². The van der Waals surface area contributed by atoms with E-state index in [1.165, 1.54) is 0 Å². The number of piperazine rings is 2. The van der Waals surface area contributed by atoms with Crippen LogP contribution in [0.1, 0.15) is 0 Å². The van der Waals surface area contributed by atoms with Gasteiger partial charge < -0.3 is 20.4 Å². The van der Waals surface area contributed by atoms with Crippen LogP contribution in [0.3, 0.4) is 0 Å². The highest BCUT2D eigenvalue weighted by Gasteiger charge is 2.21. The molecule has 6 heteroatoms. The van der Waals surface area contributed by atoms with E-state index >= 15 is 0 Å². The molecule has 0 aliphatic carbocycles. The summed E-state index contributed by atoms with van der Waals surface area (Å²) < 4.78 is 0. The van der Waals surface area contributed by atoms with Gasteiger partial charge in [0.1, 0.15) is 0 Å². The van der Waals surface area contributed by atoms with Crippen LogP contribution in [0.25, 0.3) is 0 Å². The highest BCUT2D eigenvalue weighted by Crippen LogP contribution is 2.24. The van der Waals surface area contributed by atoms with Crippen LogP contribution >= 0.6 is 0 Å². The highest BCUT2D eigenvalue weighted by atomic mass is 15.3. The van der Waals surface area contributed by atoms with Crippen molar-refractivity contribution in [2.24, 2.45) is 0 Å². The van der Waals surface area contributed by atoms with Crippen LogP contribution in [0.15, 0.2) is 12.4 Å². The summed E-state index contributed by atoms with van der Waals surface area (Å²) in [7, 11) is 0. The standard InChI is InChI=1S/C12H20N6/c1-2-16-12(18-9-5-14-6-10-18)11(15-1)17-7-3-13-4-8-17/h1-2,13-14H,3-10H2. The van der Waals surface area contributed by atoms with Crippen LogP contribution in [-0.4, -0.2) is 62.3 Å². The van der Waals surface area contributed by atoms with Gasteiger partial charge in [-0.15, -0.1) is 0 Å². The number of anilines is 2. The second kappa shape index (κ2) is 5.49. The first-order chi connectivity index (χ1) is 8.95. The Balaban J connectivity index is 1.83. The molecule has 0 spiro atoms. The van der Waals surface area contributed by atoms with Gasteiger partial charge in [-0.05, 0) is 0 Å². The SMILES string of the molecule is c1cnc(N2CCNCC2)c(N2CCNCC2)n1. The summed E-state index contributed by atoms with van der Waals surface area (Å²) in [6.45, 7) is 8.15. The second-order valence-corrected chi connectivity index (χ2v) is 4.68. The van der Waals surface area contributed by atoms with Crippen LogP contribution in [-0.2, 0) is 0 Å². The van der Waals surface area contributed by atoms with Crippen molar-refractivity contribution in [2.45, 2.75) is 0 Å². The molecule has 6 nitrogen and oxygen atoms in total. The first-order valence-electron chi connectivity index (χ1n) is 6.67. The van der Waals surface area contributed by atoms with Crippen molar-refractivity contribution in [1.82, 2.24) is 20.6 Å². The third kappa shape index (κ3) is 2.39. The van der Waals surface area contributed by atoms with Gasteiger partial charge in [-0.1, -0.05) is 0 Å². The molecule has 0 amide bonds. The molecule has 2 saturated heterocycles. The van der Waals surface area contributed by atoms with E-state index in [0.29, 0.717) is 0 Å². The van der Waals surface area contributed by atoms with Crippen molar-refractivity contribution in [3.8, 4) is 0 Å². The van der Waals surface area contributed by atoms with Crippen molar-refractivity contribution >= 4 is 11.6 Å². The van der Waals surface area contributed by atoms with Gasteiger partial charge in [-0.25, -0.2) is 9.97 Å². The molecule has 98 valence electrons. The molecule has 3 heterocycles. The first-order valence-corrected chi connectivity index (χ1v) is 6.67. The van der Waals surface area contributed by atoms with E-state index in [2.05, 4.69) is 30.4 Å². The molecule has 2 fully saturated rings. The van der Waals surface area contributed by atoms with Crippen LogP contribution in [0, 0.1) is 0 Å². The molecule has 0 unspecified atom stereocenters. The van der Waals surface area contributed by atoms with Crippen LogP contribution in [0.2, 0.25) is 0 Å². The Morgan fingerprint density at radius 2 is 1.11 bits per heavy atom. The Morgan fingerprint density at radius 3 is 1.50 bits per heavy atom. The lowest BCUT2D eigenvalue weighted by Gasteiger charge is -2.34. The molecule has 2 aliphatic heterocycles. The molecular formula is C12H20N6. The summed E-state index contributed by atoms with van der Waals surface area (Å²) >= 11 is 0. The summed E-state index contributed by atoms with van der Waals surface area (Å²) in [4.78, 5) is 13.8. The molecule has 2 aliphatic rings. The lowest BCUT2D eigenvalue weighted by molar-refractivity contribution is 0.570. The molecule has 18 heavy (non-hydrogen) atoms. The number of nitrogens with one attached hydrogen (secondary N) is 2. The topological polar surface area (TPSA) is 56.3 Å². The first kappa shape index (κ1) is 11.7. The van der Waals surface area contributed by atoms with Gasteiger partial charge in [0.2, 0.25) is 0 Å². The van der Waals surface area contributed by atoms with E-state index in [4.69, 9.17) is 0 Å². The third-order valence-electron chi connectivity index (χ3n) is 3.49. The molecule has 2 N–H and O–H groups in total. The fraction of sp³-hybridized carbons (Fsp3) is 0.667. The fourth-order valence-electron chi connectivity index (χ4n) is 2.52. The Hall–Kier alpha value is -1.40. The maximum absolute atomic E-state index is 4.55. The van der Waals surface area contributed by atoms with E-state index in [9.17, 15) is 0 Å². The predicted octanol–water partition coefficient (Wildman–Crippen LogP) is -0.704. The molecule has 0 atom stereocenters. The predicted molar refractivity (Wildman–Crippen MR) is 72.2 cm³/mol. The Morgan fingerprint density at radius 1 is 0.722 bits per heavy atom. The lowest BCUT2D eigenvalue weighted by atomic mass is 10.3. The van der Waals surface area contributed by atoms with E-state index in [-0.39, 0.29) is 0 Å². The smallest absolute Gasteiger partial charge is 0.172 e. The quantitative estimate of drug-likeness (QED) is 0.721. The van der Waals surface area contributed by atoms with Crippen molar-refractivity contribution in [3.05, 3.63) is 12.4 Å². The van der Waals surface area contributed by atoms with Gasteiger partial charge >= 0.3 is 0 Å². The van der Waals surface area contributed by atoms with Crippen molar-refractivity contribution < 1.29 is 0 Å². The minimum absolute atomic E-state index is 1.01. The number of aromatic nitrogens is 2. The number of hydrogen-bond acceptors (Lipinski definition) is 6. The summed E-state index contributed by atoms with van der Waals surface area (Å²) in [5, 5.41) is 6.74. The normalized spacial score (nSPS) is 21.1. The fourth-order valence-corrected chi connectivity index (χ4v) is 2.52. The maximum atomic E-state index is 4.55. The average molecular weight is 248 g/mol. The monoisotopic (exact) mass is 248 g/mol. The largest absolute Gasteiger partial charge is 0.351 e. The minimum Gasteiger partial charge on any atom is -0.351 e. The van der Waals surface area contributed by atoms with Crippen molar-refractivity contribution in [2.75, 3.05) is 62.2 Å². The highest BCUT2D eigenvalue weighted by molar-refractivity contribution is 5.62. The maximum Gasteiger partial charge on any atom is 0.172 e. The Bertz CT molecular complexity index is 347. The molecule has 0 radical (unpaired) electrons. The molecule has 0 saturated carbocycles. The molecule has 0 bridgehead atoms. The number of nitrogens with zero attached hydrogens (tertiary/aromatic N) is 4. The zero-order valence-electron chi connectivity index (χ0n) is 10.6.